The highest BCUT2D eigenvalue weighted by Gasteiger charge is 2.29. The van der Waals surface area contributed by atoms with Crippen molar-refractivity contribution >= 4 is 5.91 Å². The number of imidazole rings is 1. The molecule has 0 bridgehead atoms. The Hall–Kier alpha value is -2.17. The van der Waals surface area contributed by atoms with Gasteiger partial charge in [-0.25, -0.2) is 9.97 Å². The summed E-state index contributed by atoms with van der Waals surface area (Å²) in [5.41, 5.74) is 2.88. The fourth-order valence-electron chi connectivity index (χ4n) is 2.97. The molecule has 110 valence electrons. The number of aromatic nitrogens is 3. The number of carbonyl (C=O) groups excluding carboxylic acids is 1. The van der Waals surface area contributed by atoms with Gasteiger partial charge in [0.25, 0.3) is 0 Å². The summed E-state index contributed by atoms with van der Waals surface area (Å²) >= 11 is 0. The Morgan fingerprint density at radius 1 is 1.38 bits per heavy atom. The Balaban J connectivity index is 1.97. The molecule has 3 heterocycles. The van der Waals surface area contributed by atoms with Crippen LogP contribution in [0.2, 0.25) is 0 Å². The number of amides is 1. The second-order valence-corrected chi connectivity index (χ2v) is 5.57. The van der Waals surface area contributed by atoms with Crippen LogP contribution in [0.25, 0.3) is 11.4 Å². The average Bonchev–Trinajstić information content (AvgIpc) is 3.08. The fourth-order valence-corrected chi connectivity index (χ4v) is 2.97. The van der Waals surface area contributed by atoms with Gasteiger partial charge in [-0.1, -0.05) is 6.07 Å². The van der Waals surface area contributed by atoms with E-state index in [1.165, 1.54) is 0 Å². The van der Waals surface area contributed by atoms with E-state index in [4.69, 9.17) is 4.98 Å². The summed E-state index contributed by atoms with van der Waals surface area (Å²) in [7, 11) is 1.99. The topological polar surface area (TPSA) is 51.0 Å². The lowest BCUT2D eigenvalue weighted by Gasteiger charge is -2.23. The first kappa shape index (κ1) is 13.8. The Morgan fingerprint density at radius 2 is 2.19 bits per heavy atom. The summed E-state index contributed by atoms with van der Waals surface area (Å²) in [5, 5.41) is 0. The highest BCUT2D eigenvalue weighted by Crippen LogP contribution is 2.31. The number of likely N-dealkylation sites (tertiary alicyclic amines) is 1. The first-order valence-electron chi connectivity index (χ1n) is 7.31. The van der Waals surface area contributed by atoms with Crippen LogP contribution in [-0.4, -0.2) is 31.9 Å². The Labute approximate surface area is 124 Å². The van der Waals surface area contributed by atoms with Crippen LogP contribution in [0.3, 0.4) is 0 Å². The number of pyridine rings is 1. The third kappa shape index (κ3) is 2.44. The molecule has 1 atom stereocenters. The van der Waals surface area contributed by atoms with Gasteiger partial charge >= 0.3 is 0 Å². The monoisotopic (exact) mass is 284 g/mol. The van der Waals surface area contributed by atoms with Gasteiger partial charge in [0.2, 0.25) is 5.91 Å². The SMILES string of the molecule is CC(=O)N1CCCC1c1cccc(-c2cnc(C)n2C)n1. The second-order valence-electron chi connectivity index (χ2n) is 5.57. The molecule has 1 saturated heterocycles. The van der Waals surface area contributed by atoms with Crippen molar-refractivity contribution in [2.75, 3.05) is 6.54 Å². The molecule has 1 aliphatic rings. The summed E-state index contributed by atoms with van der Waals surface area (Å²) in [4.78, 5) is 22.7. The average molecular weight is 284 g/mol. The van der Waals surface area contributed by atoms with Crippen LogP contribution >= 0.6 is 0 Å². The summed E-state index contributed by atoms with van der Waals surface area (Å²) in [6.45, 7) is 4.44. The molecule has 3 rings (SSSR count). The Kier molecular flexibility index (Phi) is 3.49. The molecular weight excluding hydrogens is 264 g/mol. The molecule has 2 aromatic rings. The van der Waals surface area contributed by atoms with Crippen molar-refractivity contribution in [2.45, 2.75) is 32.7 Å². The summed E-state index contributed by atoms with van der Waals surface area (Å²) in [6, 6.07) is 6.12. The molecule has 1 unspecified atom stereocenters. The minimum atomic E-state index is 0.108. The van der Waals surface area contributed by atoms with Crippen LogP contribution in [0.5, 0.6) is 0 Å². The number of carbonyl (C=O) groups is 1. The van der Waals surface area contributed by atoms with E-state index in [-0.39, 0.29) is 11.9 Å². The fraction of sp³-hybridized carbons (Fsp3) is 0.438. The van der Waals surface area contributed by atoms with Gasteiger partial charge in [-0.15, -0.1) is 0 Å². The van der Waals surface area contributed by atoms with Crippen LogP contribution in [0.15, 0.2) is 24.4 Å². The summed E-state index contributed by atoms with van der Waals surface area (Å²) in [6.07, 6.45) is 3.88. The molecule has 2 aromatic heterocycles. The molecule has 1 fully saturated rings. The van der Waals surface area contributed by atoms with Crippen molar-refractivity contribution in [1.82, 2.24) is 19.4 Å². The van der Waals surface area contributed by atoms with E-state index >= 15 is 0 Å². The molecule has 5 nitrogen and oxygen atoms in total. The van der Waals surface area contributed by atoms with Gasteiger partial charge in [-0.3, -0.25) is 4.79 Å². The van der Waals surface area contributed by atoms with Crippen molar-refractivity contribution in [3.8, 4) is 11.4 Å². The van der Waals surface area contributed by atoms with Crippen LogP contribution < -0.4 is 0 Å². The molecule has 0 N–H and O–H groups in total. The zero-order chi connectivity index (χ0) is 15.0. The van der Waals surface area contributed by atoms with Gasteiger partial charge in [0.05, 0.1) is 29.3 Å². The Bertz CT molecular complexity index is 677. The number of nitrogens with zero attached hydrogens (tertiary/aromatic N) is 4. The van der Waals surface area contributed by atoms with Gasteiger partial charge in [0.15, 0.2) is 0 Å². The van der Waals surface area contributed by atoms with Gasteiger partial charge in [0.1, 0.15) is 5.82 Å². The minimum absolute atomic E-state index is 0.108. The van der Waals surface area contributed by atoms with Crippen molar-refractivity contribution in [1.29, 1.82) is 0 Å². The Morgan fingerprint density at radius 3 is 2.86 bits per heavy atom. The second kappa shape index (κ2) is 5.31. The third-order valence-electron chi connectivity index (χ3n) is 4.25. The highest BCUT2D eigenvalue weighted by atomic mass is 16.2. The number of hydrogen-bond donors (Lipinski definition) is 0. The normalized spacial score (nSPS) is 18.2. The van der Waals surface area contributed by atoms with Crippen molar-refractivity contribution in [3.05, 3.63) is 35.9 Å². The molecule has 0 aromatic carbocycles. The van der Waals surface area contributed by atoms with Crippen LogP contribution in [0.4, 0.5) is 0 Å². The van der Waals surface area contributed by atoms with E-state index in [0.29, 0.717) is 0 Å². The van der Waals surface area contributed by atoms with Gasteiger partial charge < -0.3 is 9.47 Å². The molecule has 0 saturated carbocycles. The molecule has 0 aliphatic carbocycles. The van der Waals surface area contributed by atoms with Crippen LogP contribution in [0.1, 0.15) is 37.3 Å². The molecule has 1 aliphatic heterocycles. The first-order chi connectivity index (χ1) is 10.1. The lowest BCUT2D eigenvalue weighted by molar-refractivity contribution is -0.129. The molecular formula is C16H20N4O. The summed E-state index contributed by atoms with van der Waals surface area (Å²) in [5.74, 6) is 1.09. The molecule has 0 spiro atoms. The maximum atomic E-state index is 11.7. The quantitative estimate of drug-likeness (QED) is 0.851. The lowest BCUT2D eigenvalue weighted by atomic mass is 10.1. The van der Waals surface area contributed by atoms with E-state index in [9.17, 15) is 4.79 Å². The van der Waals surface area contributed by atoms with E-state index in [1.54, 1.807) is 6.92 Å². The van der Waals surface area contributed by atoms with Crippen LogP contribution in [-0.2, 0) is 11.8 Å². The predicted molar refractivity (Wildman–Crippen MR) is 80.5 cm³/mol. The maximum absolute atomic E-state index is 11.7. The standard InChI is InChI=1S/C16H20N4O/c1-11-17-10-16(19(11)3)14-7-4-6-13(18-14)15-8-5-9-20(15)12(2)21/h4,6-7,10,15H,5,8-9H2,1-3H3. The van der Waals surface area contributed by atoms with E-state index < -0.39 is 0 Å². The van der Waals surface area contributed by atoms with Crippen molar-refractivity contribution < 1.29 is 4.79 Å². The van der Waals surface area contributed by atoms with Crippen molar-refractivity contribution in [2.24, 2.45) is 7.05 Å². The lowest BCUT2D eigenvalue weighted by Crippen LogP contribution is -2.28. The molecule has 21 heavy (non-hydrogen) atoms. The predicted octanol–water partition coefficient (Wildman–Crippen LogP) is 2.47. The van der Waals surface area contributed by atoms with Gasteiger partial charge in [-0.2, -0.15) is 0 Å². The van der Waals surface area contributed by atoms with E-state index in [2.05, 4.69) is 4.98 Å². The third-order valence-corrected chi connectivity index (χ3v) is 4.25. The van der Waals surface area contributed by atoms with Gasteiger partial charge in [0, 0.05) is 20.5 Å². The maximum Gasteiger partial charge on any atom is 0.220 e. The smallest absolute Gasteiger partial charge is 0.220 e. The molecule has 1 amide bonds. The van der Waals surface area contributed by atoms with E-state index in [1.807, 2.05) is 47.8 Å². The van der Waals surface area contributed by atoms with Crippen molar-refractivity contribution in [3.63, 3.8) is 0 Å². The number of rotatable bonds is 2. The number of aryl methyl sites for hydroxylation is 1. The largest absolute Gasteiger partial charge is 0.334 e. The zero-order valence-corrected chi connectivity index (χ0v) is 12.7. The van der Waals surface area contributed by atoms with E-state index in [0.717, 1.165) is 42.3 Å². The van der Waals surface area contributed by atoms with Gasteiger partial charge in [-0.05, 0) is 31.9 Å². The molecule has 5 heteroatoms. The minimum Gasteiger partial charge on any atom is -0.334 e. The zero-order valence-electron chi connectivity index (χ0n) is 12.7. The number of hydrogen-bond acceptors (Lipinski definition) is 3. The molecule has 0 radical (unpaired) electrons. The summed E-state index contributed by atoms with van der Waals surface area (Å²) < 4.78 is 2.03. The van der Waals surface area contributed by atoms with Crippen LogP contribution in [0, 0.1) is 6.92 Å². The highest BCUT2D eigenvalue weighted by molar-refractivity contribution is 5.74. The first-order valence-corrected chi connectivity index (χ1v) is 7.31.